The van der Waals surface area contributed by atoms with E-state index in [9.17, 15) is 4.79 Å². The van der Waals surface area contributed by atoms with Crippen LogP contribution in [0.1, 0.15) is 0 Å². The number of halogens is 1. The van der Waals surface area contributed by atoms with E-state index < -0.39 is 5.43 Å². The minimum atomic E-state index is -0.840. The lowest BCUT2D eigenvalue weighted by Crippen LogP contribution is -1.95. The smallest absolute Gasteiger partial charge is 0.409 e. The van der Waals surface area contributed by atoms with Crippen LogP contribution in [-0.2, 0) is 0 Å². The Morgan fingerprint density at radius 3 is 2.93 bits per heavy atom. The second-order valence-electron chi connectivity index (χ2n) is 2.72. The summed E-state index contributed by atoms with van der Waals surface area (Å²) in [5.74, 6) is 0.422. The van der Waals surface area contributed by atoms with Gasteiger partial charge in [-0.1, -0.05) is 6.07 Å². The molecule has 3 nitrogen and oxygen atoms in total. The predicted octanol–water partition coefficient (Wildman–Crippen LogP) is 2.97. The topological polar surface area (TPSA) is 39.2 Å². The molecule has 0 N–H and O–H groups in total. The van der Waals surface area contributed by atoms with E-state index in [2.05, 4.69) is 4.98 Å². The van der Waals surface area contributed by atoms with Crippen LogP contribution in [0.25, 0.3) is 10.8 Å². The van der Waals surface area contributed by atoms with Gasteiger partial charge in [-0.3, -0.25) is 4.98 Å². The molecule has 2 aromatic rings. The first-order valence-corrected chi connectivity index (χ1v) is 4.34. The number of nitrogens with zero attached hydrogens (tertiary/aromatic N) is 1. The Morgan fingerprint density at radius 1 is 1.29 bits per heavy atom. The molecule has 0 unspecified atom stereocenters. The molecule has 0 bridgehead atoms. The summed E-state index contributed by atoms with van der Waals surface area (Å²) in [6.45, 7) is 0. The Labute approximate surface area is 85.3 Å². The third kappa shape index (κ3) is 1.83. The largest absolute Gasteiger partial charge is 0.414 e. The van der Waals surface area contributed by atoms with Gasteiger partial charge in [-0.15, -0.1) is 0 Å². The number of fused-ring (bicyclic) bond motifs is 1. The van der Waals surface area contributed by atoms with E-state index in [-0.39, 0.29) is 0 Å². The van der Waals surface area contributed by atoms with Gasteiger partial charge >= 0.3 is 5.43 Å². The molecule has 0 amide bonds. The summed E-state index contributed by atoms with van der Waals surface area (Å²) >= 11 is 5.09. The van der Waals surface area contributed by atoms with E-state index in [1.165, 1.54) is 0 Å². The fourth-order valence-corrected chi connectivity index (χ4v) is 1.31. The number of aromatic nitrogens is 1. The molecule has 0 radical (unpaired) electrons. The van der Waals surface area contributed by atoms with Crippen LogP contribution in [0, 0.1) is 0 Å². The minimum absolute atomic E-state index is 0.422. The zero-order chi connectivity index (χ0) is 9.97. The summed E-state index contributed by atoms with van der Waals surface area (Å²) in [6.07, 6.45) is 3.40. The molecule has 0 saturated carbocycles. The number of pyridine rings is 1. The van der Waals surface area contributed by atoms with Crippen molar-refractivity contribution in [1.82, 2.24) is 4.98 Å². The molecule has 4 heteroatoms. The highest BCUT2D eigenvalue weighted by atomic mass is 35.5. The highest BCUT2D eigenvalue weighted by Crippen LogP contribution is 2.20. The molecule has 1 heterocycles. The molecular formula is C10H6ClNO2. The fourth-order valence-electron chi connectivity index (χ4n) is 1.22. The van der Waals surface area contributed by atoms with Gasteiger partial charge in [0.2, 0.25) is 0 Å². The lowest BCUT2D eigenvalue weighted by molar-refractivity contribution is 0.225. The van der Waals surface area contributed by atoms with Crippen LogP contribution >= 0.6 is 11.6 Å². The first-order valence-electron chi connectivity index (χ1n) is 3.97. The van der Waals surface area contributed by atoms with E-state index >= 15 is 0 Å². The van der Waals surface area contributed by atoms with E-state index in [1.807, 2.05) is 12.1 Å². The molecule has 0 atom stereocenters. The van der Waals surface area contributed by atoms with Crippen molar-refractivity contribution < 1.29 is 9.53 Å². The molecule has 70 valence electrons. The number of hydrogen-bond acceptors (Lipinski definition) is 3. The summed E-state index contributed by atoms with van der Waals surface area (Å²) < 4.78 is 4.72. The van der Waals surface area contributed by atoms with Gasteiger partial charge in [0.1, 0.15) is 5.75 Å². The maximum Gasteiger partial charge on any atom is 0.409 e. The monoisotopic (exact) mass is 207 g/mol. The van der Waals surface area contributed by atoms with Crippen LogP contribution in [0.3, 0.4) is 0 Å². The zero-order valence-electron chi connectivity index (χ0n) is 7.11. The quantitative estimate of drug-likeness (QED) is 0.675. The number of carbonyl (C=O) groups excluding carboxylic acids is 1. The van der Waals surface area contributed by atoms with Crippen molar-refractivity contribution >= 4 is 27.8 Å². The molecule has 0 aliphatic carbocycles. The second kappa shape index (κ2) is 3.64. The Kier molecular flexibility index (Phi) is 2.33. The third-order valence-corrected chi connectivity index (χ3v) is 1.89. The van der Waals surface area contributed by atoms with Gasteiger partial charge in [0.15, 0.2) is 0 Å². The average molecular weight is 208 g/mol. The Balaban J connectivity index is 2.46. The SMILES string of the molecule is O=C(Cl)Oc1ccc2ccncc2c1. The van der Waals surface area contributed by atoms with Gasteiger partial charge in [0, 0.05) is 29.4 Å². The lowest BCUT2D eigenvalue weighted by Gasteiger charge is -2.01. The van der Waals surface area contributed by atoms with E-state index in [0.29, 0.717) is 5.75 Å². The molecule has 0 saturated heterocycles. The molecule has 1 aromatic heterocycles. The maximum absolute atomic E-state index is 10.5. The Bertz CT molecular complexity index is 484. The first kappa shape index (κ1) is 8.97. The van der Waals surface area contributed by atoms with Gasteiger partial charge in [-0.2, -0.15) is 0 Å². The van der Waals surface area contributed by atoms with Crippen LogP contribution in [0.2, 0.25) is 0 Å². The van der Waals surface area contributed by atoms with Crippen molar-refractivity contribution in [2.75, 3.05) is 0 Å². The molecule has 14 heavy (non-hydrogen) atoms. The number of ether oxygens (including phenoxy) is 1. The van der Waals surface area contributed by atoms with Crippen molar-refractivity contribution in [3.63, 3.8) is 0 Å². The first-order chi connectivity index (χ1) is 6.75. The van der Waals surface area contributed by atoms with Crippen molar-refractivity contribution in [3.05, 3.63) is 36.7 Å². The Hall–Kier alpha value is -1.61. The van der Waals surface area contributed by atoms with Crippen molar-refractivity contribution in [1.29, 1.82) is 0 Å². The van der Waals surface area contributed by atoms with Crippen LogP contribution in [0.15, 0.2) is 36.7 Å². The van der Waals surface area contributed by atoms with E-state index in [1.54, 1.807) is 24.5 Å². The van der Waals surface area contributed by atoms with Crippen molar-refractivity contribution in [2.24, 2.45) is 0 Å². The molecule has 0 aliphatic rings. The second-order valence-corrected chi connectivity index (χ2v) is 3.03. The third-order valence-electron chi connectivity index (χ3n) is 1.81. The summed E-state index contributed by atoms with van der Waals surface area (Å²) in [4.78, 5) is 14.4. The van der Waals surface area contributed by atoms with Crippen LogP contribution < -0.4 is 4.74 Å². The molecule has 2 rings (SSSR count). The zero-order valence-corrected chi connectivity index (χ0v) is 7.86. The molecule has 0 spiro atoms. The number of rotatable bonds is 1. The normalized spacial score (nSPS) is 10.1. The van der Waals surface area contributed by atoms with Crippen LogP contribution in [-0.4, -0.2) is 10.4 Å². The van der Waals surface area contributed by atoms with E-state index in [0.717, 1.165) is 10.8 Å². The van der Waals surface area contributed by atoms with E-state index in [4.69, 9.17) is 16.3 Å². The molecular weight excluding hydrogens is 202 g/mol. The molecule has 0 aliphatic heterocycles. The summed E-state index contributed by atoms with van der Waals surface area (Å²) in [7, 11) is 0. The van der Waals surface area contributed by atoms with Gasteiger partial charge < -0.3 is 4.74 Å². The van der Waals surface area contributed by atoms with Crippen LogP contribution in [0.4, 0.5) is 4.79 Å². The maximum atomic E-state index is 10.5. The fraction of sp³-hybridized carbons (Fsp3) is 0. The van der Waals surface area contributed by atoms with Gasteiger partial charge in [-0.25, -0.2) is 4.79 Å². The number of carbonyl (C=O) groups is 1. The molecule has 1 aromatic carbocycles. The van der Waals surface area contributed by atoms with Gasteiger partial charge in [0.05, 0.1) is 0 Å². The Morgan fingerprint density at radius 2 is 2.14 bits per heavy atom. The number of benzene rings is 1. The number of hydrogen-bond donors (Lipinski definition) is 0. The van der Waals surface area contributed by atoms with Crippen molar-refractivity contribution in [3.8, 4) is 5.75 Å². The average Bonchev–Trinajstić information content (AvgIpc) is 2.17. The van der Waals surface area contributed by atoms with Gasteiger partial charge in [-0.05, 0) is 23.6 Å². The summed E-state index contributed by atoms with van der Waals surface area (Å²) in [6, 6.07) is 7.11. The lowest BCUT2D eigenvalue weighted by atomic mass is 10.2. The summed E-state index contributed by atoms with van der Waals surface area (Å²) in [5.41, 5.74) is -0.840. The molecule has 0 fully saturated rings. The van der Waals surface area contributed by atoms with Crippen molar-refractivity contribution in [2.45, 2.75) is 0 Å². The highest BCUT2D eigenvalue weighted by Gasteiger charge is 2.00. The summed E-state index contributed by atoms with van der Waals surface area (Å²) in [5, 5.41) is 1.94. The predicted molar refractivity (Wildman–Crippen MR) is 53.6 cm³/mol. The minimum Gasteiger partial charge on any atom is -0.414 e. The standard InChI is InChI=1S/C10H6ClNO2/c11-10(13)14-9-2-1-7-3-4-12-6-8(7)5-9/h1-6H. The highest BCUT2D eigenvalue weighted by molar-refractivity contribution is 6.61. The van der Waals surface area contributed by atoms with Gasteiger partial charge in [0.25, 0.3) is 0 Å². The van der Waals surface area contributed by atoms with Crippen LogP contribution in [0.5, 0.6) is 5.75 Å².